The van der Waals surface area contributed by atoms with Gasteiger partial charge in [0.05, 0.1) is 12.7 Å². The predicted molar refractivity (Wildman–Crippen MR) is 107 cm³/mol. The van der Waals surface area contributed by atoms with Crippen molar-refractivity contribution >= 4 is 5.97 Å². The van der Waals surface area contributed by atoms with E-state index < -0.39 is 0 Å². The highest BCUT2D eigenvalue weighted by Crippen LogP contribution is 2.14. The standard InChI is InChI=1S/C22H44O3/c1-4-21(23)17-15-13-11-9-7-5-6-8-10-12-14-16-18-22(24)25-19-20(2)3/h20-21,23H,4-19H2,1-3H3. The van der Waals surface area contributed by atoms with E-state index in [-0.39, 0.29) is 12.1 Å². The third kappa shape index (κ3) is 19.6. The molecule has 3 heteroatoms. The maximum atomic E-state index is 11.5. The van der Waals surface area contributed by atoms with Crippen molar-refractivity contribution in [3.63, 3.8) is 0 Å². The average Bonchev–Trinajstić information content (AvgIpc) is 2.59. The third-order valence-electron chi connectivity index (χ3n) is 4.72. The van der Waals surface area contributed by atoms with Gasteiger partial charge in [0.25, 0.3) is 0 Å². The van der Waals surface area contributed by atoms with E-state index in [1.54, 1.807) is 0 Å². The Morgan fingerprint density at radius 1 is 0.800 bits per heavy atom. The van der Waals surface area contributed by atoms with E-state index in [4.69, 9.17) is 4.74 Å². The highest BCUT2D eigenvalue weighted by Gasteiger charge is 2.04. The summed E-state index contributed by atoms with van der Waals surface area (Å²) in [6.07, 6.45) is 17.6. The molecule has 1 N–H and O–H groups in total. The van der Waals surface area contributed by atoms with E-state index in [1.165, 1.54) is 64.2 Å². The van der Waals surface area contributed by atoms with Gasteiger partial charge in [0, 0.05) is 6.42 Å². The first kappa shape index (κ1) is 24.4. The minimum atomic E-state index is -0.0781. The zero-order chi connectivity index (χ0) is 18.8. The van der Waals surface area contributed by atoms with Crippen LogP contribution in [0.15, 0.2) is 0 Å². The van der Waals surface area contributed by atoms with Crippen molar-refractivity contribution < 1.29 is 14.6 Å². The molecule has 0 spiro atoms. The van der Waals surface area contributed by atoms with Crippen LogP contribution in [0.1, 0.15) is 117 Å². The van der Waals surface area contributed by atoms with Crippen LogP contribution in [0.5, 0.6) is 0 Å². The second-order valence-corrected chi connectivity index (χ2v) is 7.92. The summed E-state index contributed by atoms with van der Waals surface area (Å²) >= 11 is 0. The smallest absolute Gasteiger partial charge is 0.305 e. The van der Waals surface area contributed by atoms with Crippen LogP contribution in [0.4, 0.5) is 0 Å². The summed E-state index contributed by atoms with van der Waals surface area (Å²) < 4.78 is 5.18. The molecular weight excluding hydrogens is 312 g/mol. The van der Waals surface area contributed by atoms with Crippen LogP contribution in [0.25, 0.3) is 0 Å². The molecule has 0 aliphatic heterocycles. The molecule has 0 aliphatic carbocycles. The average molecular weight is 357 g/mol. The fourth-order valence-electron chi connectivity index (χ4n) is 2.95. The van der Waals surface area contributed by atoms with Crippen LogP contribution in [-0.4, -0.2) is 23.8 Å². The lowest BCUT2D eigenvalue weighted by atomic mass is 10.0. The molecule has 150 valence electrons. The number of esters is 1. The molecule has 0 heterocycles. The van der Waals surface area contributed by atoms with Crippen LogP contribution in [0.2, 0.25) is 0 Å². The van der Waals surface area contributed by atoms with Gasteiger partial charge in [-0.25, -0.2) is 0 Å². The summed E-state index contributed by atoms with van der Waals surface area (Å²) in [6, 6.07) is 0. The molecule has 3 nitrogen and oxygen atoms in total. The third-order valence-corrected chi connectivity index (χ3v) is 4.72. The molecule has 0 aromatic carbocycles. The number of ether oxygens (including phenoxy) is 1. The summed E-state index contributed by atoms with van der Waals surface area (Å²) in [5.41, 5.74) is 0. The molecule has 25 heavy (non-hydrogen) atoms. The number of rotatable bonds is 18. The van der Waals surface area contributed by atoms with Crippen molar-refractivity contribution in [3.05, 3.63) is 0 Å². The predicted octanol–water partition coefficient (Wildman–Crippen LogP) is 6.42. The molecule has 0 bridgehead atoms. The lowest BCUT2D eigenvalue weighted by molar-refractivity contribution is -0.144. The van der Waals surface area contributed by atoms with Crippen molar-refractivity contribution in [3.8, 4) is 0 Å². The minimum Gasteiger partial charge on any atom is -0.465 e. The molecule has 0 aromatic rings. The summed E-state index contributed by atoms with van der Waals surface area (Å²) in [5.74, 6) is 0.399. The van der Waals surface area contributed by atoms with Gasteiger partial charge in [-0.2, -0.15) is 0 Å². The van der Waals surface area contributed by atoms with Crippen molar-refractivity contribution in [2.45, 2.75) is 123 Å². The van der Waals surface area contributed by atoms with E-state index in [0.29, 0.717) is 18.9 Å². The van der Waals surface area contributed by atoms with Crippen LogP contribution in [0.3, 0.4) is 0 Å². The second kappa shape index (κ2) is 18.2. The number of carbonyl (C=O) groups is 1. The highest BCUT2D eigenvalue weighted by atomic mass is 16.5. The molecule has 1 atom stereocenters. The minimum absolute atomic E-state index is 0.0297. The first-order valence-electron chi connectivity index (χ1n) is 10.9. The van der Waals surface area contributed by atoms with Gasteiger partial charge in [-0.3, -0.25) is 4.79 Å². The second-order valence-electron chi connectivity index (χ2n) is 7.92. The Morgan fingerprint density at radius 2 is 1.24 bits per heavy atom. The van der Waals surface area contributed by atoms with Crippen LogP contribution < -0.4 is 0 Å². The zero-order valence-electron chi connectivity index (χ0n) is 17.2. The quantitative estimate of drug-likeness (QED) is 0.228. The number of carbonyl (C=O) groups excluding carboxylic acids is 1. The molecular formula is C22H44O3. The zero-order valence-corrected chi connectivity index (χ0v) is 17.2. The number of aliphatic hydroxyl groups is 1. The maximum Gasteiger partial charge on any atom is 0.305 e. The molecule has 1 unspecified atom stereocenters. The van der Waals surface area contributed by atoms with Crippen molar-refractivity contribution in [1.29, 1.82) is 0 Å². The van der Waals surface area contributed by atoms with Crippen molar-refractivity contribution in [1.82, 2.24) is 0 Å². The van der Waals surface area contributed by atoms with Gasteiger partial charge in [-0.15, -0.1) is 0 Å². The fraction of sp³-hybridized carbons (Fsp3) is 0.955. The summed E-state index contributed by atoms with van der Waals surface area (Å²) in [5, 5.41) is 9.48. The molecule has 0 aliphatic rings. The maximum absolute atomic E-state index is 11.5. The molecule has 0 saturated heterocycles. The lowest BCUT2D eigenvalue weighted by Gasteiger charge is -2.07. The van der Waals surface area contributed by atoms with Gasteiger partial charge in [-0.1, -0.05) is 91.4 Å². The molecule has 0 radical (unpaired) electrons. The van der Waals surface area contributed by atoms with Gasteiger partial charge in [-0.05, 0) is 25.2 Å². The number of aliphatic hydroxyl groups excluding tert-OH is 1. The topological polar surface area (TPSA) is 46.5 Å². The van der Waals surface area contributed by atoms with Gasteiger partial charge >= 0.3 is 5.97 Å². The Hall–Kier alpha value is -0.570. The van der Waals surface area contributed by atoms with E-state index in [2.05, 4.69) is 13.8 Å². The first-order valence-corrected chi connectivity index (χ1v) is 10.9. The van der Waals surface area contributed by atoms with E-state index in [0.717, 1.165) is 25.7 Å². The summed E-state index contributed by atoms with van der Waals surface area (Å²) in [6.45, 7) is 6.73. The lowest BCUT2D eigenvalue weighted by Crippen LogP contribution is -2.09. The monoisotopic (exact) mass is 356 g/mol. The number of unbranched alkanes of at least 4 members (excludes halogenated alkanes) is 11. The van der Waals surface area contributed by atoms with Gasteiger partial charge in [0.15, 0.2) is 0 Å². The Bertz CT molecular complexity index is 289. The normalized spacial score (nSPS) is 12.5. The Balaban J connectivity index is 3.13. The molecule has 0 fully saturated rings. The summed E-state index contributed by atoms with van der Waals surface area (Å²) in [7, 11) is 0. The van der Waals surface area contributed by atoms with E-state index >= 15 is 0 Å². The van der Waals surface area contributed by atoms with Gasteiger partial charge < -0.3 is 9.84 Å². The number of hydrogen-bond acceptors (Lipinski definition) is 3. The van der Waals surface area contributed by atoms with Crippen LogP contribution in [0, 0.1) is 5.92 Å². The van der Waals surface area contributed by atoms with Gasteiger partial charge in [0.1, 0.15) is 0 Å². The Morgan fingerprint density at radius 3 is 1.68 bits per heavy atom. The highest BCUT2D eigenvalue weighted by molar-refractivity contribution is 5.69. The first-order chi connectivity index (χ1) is 12.1. The van der Waals surface area contributed by atoms with Crippen molar-refractivity contribution in [2.24, 2.45) is 5.92 Å². The SMILES string of the molecule is CCC(O)CCCCCCCCCCCCCCC(=O)OCC(C)C. The molecule has 0 aromatic heterocycles. The van der Waals surface area contributed by atoms with Crippen LogP contribution in [-0.2, 0) is 9.53 Å². The van der Waals surface area contributed by atoms with Crippen LogP contribution >= 0.6 is 0 Å². The number of hydrogen-bond donors (Lipinski definition) is 1. The molecule has 0 amide bonds. The fourth-order valence-corrected chi connectivity index (χ4v) is 2.95. The van der Waals surface area contributed by atoms with Crippen molar-refractivity contribution in [2.75, 3.05) is 6.61 Å². The Kier molecular flexibility index (Phi) is 17.8. The molecule has 0 rings (SSSR count). The molecule has 0 saturated carbocycles. The van der Waals surface area contributed by atoms with Gasteiger partial charge in [0.2, 0.25) is 0 Å². The van der Waals surface area contributed by atoms with E-state index in [1.807, 2.05) is 6.92 Å². The van der Waals surface area contributed by atoms with E-state index in [9.17, 15) is 9.90 Å². The summed E-state index contributed by atoms with van der Waals surface area (Å²) in [4.78, 5) is 11.5. The largest absolute Gasteiger partial charge is 0.465 e. The Labute approximate surface area is 156 Å².